The summed E-state index contributed by atoms with van der Waals surface area (Å²) in [6.07, 6.45) is 10.5. The molecule has 0 aliphatic carbocycles. The first kappa shape index (κ1) is 126. The highest BCUT2D eigenvalue weighted by atomic mass is 32.2. The first-order chi connectivity index (χ1) is 72.0. The second-order valence-corrected chi connectivity index (χ2v) is 34.6. The molecule has 0 bridgehead atoms. The van der Waals surface area contributed by atoms with Crippen molar-refractivity contribution in [2.24, 2.45) is 0 Å². The predicted molar refractivity (Wildman–Crippen MR) is 602 cm³/mol. The molecule has 1 N–H and O–H groups in total. The van der Waals surface area contributed by atoms with Crippen molar-refractivity contribution in [2.75, 3.05) is 6.26 Å². The number of halogens is 8. The second kappa shape index (κ2) is 61.8. The number of fused-ring (bicyclic) bond motifs is 8. The van der Waals surface area contributed by atoms with Crippen molar-refractivity contribution in [2.45, 2.75) is 293 Å². The summed E-state index contributed by atoms with van der Waals surface area (Å²) in [5.74, 6) is -3.82. The molecule has 0 unspecified atom stereocenters. The molecule has 0 saturated heterocycles. The first-order valence-electron chi connectivity index (χ1n) is 51.0. The number of aromatic amines is 1. The molecule has 0 atom stereocenters. The van der Waals surface area contributed by atoms with Crippen molar-refractivity contribution in [3.05, 3.63) is 259 Å². The number of thiazole rings is 1. The molecular weight excluding hydrogens is 1980 g/mol. The zero-order valence-electron chi connectivity index (χ0n) is 92.4. The molecule has 20 aromatic rings. The molecule has 0 spiro atoms. The van der Waals surface area contributed by atoms with Crippen LogP contribution in [0.25, 0.3) is 135 Å². The Morgan fingerprint density at radius 3 is 1.01 bits per heavy atom. The molecule has 19 aromatic heterocycles. The van der Waals surface area contributed by atoms with Gasteiger partial charge in [0.25, 0.3) is 5.69 Å². The maximum Gasteiger partial charge on any atom is 0.461 e. The van der Waals surface area contributed by atoms with Crippen LogP contribution >= 0.6 is 35.3 Å². The van der Waals surface area contributed by atoms with E-state index in [9.17, 15) is 40.3 Å². The van der Waals surface area contributed by atoms with E-state index in [4.69, 9.17) is 17.2 Å². The van der Waals surface area contributed by atoms with E-state index in [1.165, 1.54) is 50.6 Å². The van der Waals surface area contributed by atoms with Crippen LogP contribution in [0.1, 0.15) is 282 Å². The lowest BCUT2D eigenvalue weighted by Crippen LogP contribution is -2.36. The summed E-state index contributed by atoms with van der Waals surface area (Å²) in [7, 11) is 0. The largest absolute Gasteiger partial charge is 0.618 e. The fourth-order valence-electron chi connectivity index (χ4n) is 14.7. The average Bonchev–Trinajstić information content (AvgIpc) is 1.59. The van der Waals surface area contributed by atoms with Crippen molar-refractivity contribution in [3.8, 4) is 45.3 Å². The summed E-state index contributed by atoms with van der Waals surface area (Å²) in [5, 5.41) is 15.9. The van der Waals surface area contributed by atoms with Crippen LogP contribution in [0.15, 0.2) is 242 Å². The van der Waals surface area contributed by atoms with Gasteiger partial charge in [-0.1, -0.05) is 159 Å². The topological polar surface area (TPSA) is 301 Å². The Kier molecular flexibility index (Phi) is 52.0. The monoisotopic (exact) mass is 2120 g/mol. The van der Waals surface area contributed by atoms with Crippen molar-refractivity contribution in [1.29, 1.82) is 0 Å². The van der Waals surface area contributed by atoms with E-state index in [2.05, 4.69) is 198 Å². The number of nitrogens with zero attached hydrogens (tertiary/aromatic N) is 26. The van der Waals surface area contributed by atoms with E-state index >= 15 is 0 Å². The van der Waals surface area contributed by atoms with Crippen LogP contribution in [0.4, 0.5) is 35.1 Å². The number of rotatable bonds is 14. The van der Waals surface area contributed by atoms with Crippen molar-refractivity contribution >= 4 is 125 Å². The maximum atomic E-state index is 13.5. The molecule has 0 aliphatic heterocycles. The normalized spacial score (nSPS) is 10.9. The van der Waals surface area contributed by atoms with E-state index in [0.29, 0.717) is 41.7 Å². The number of alkyl halides is 8. The molecule has 0 saturated carbocycles. The van der Waals surface area contributed by atoms with E-state index in [0.717, 1.165) is 125 Å². The summed E-state index contributed by atoms with van der Waals surface area (Å²) >= 11 is 8.46. The van der Waals surface area contributed by atoms with Gasteiger partial charge >= 0.3 is 18.3 Å². The zero-order valence-corrected chi connectivity index (χ0v) is 94.9. The Bertz CT molecular complexity index is 7260. The summed E-state index contributed by atoms with van der Waals surface area (Å²) in [4.78, 5) is 75.9. The standard InChI is InChI=1S/C15H15N3.C14H14N4O.C14H14N4.C12H12N4S.C11H10F5N3.C10H10F3N3.C10H13N3S.C9H11N3S.8C2H6/c1-11(2)18-14(12-7-4-3-5-8-12)17-13-9-6-10-16-15(13)18;1-10(2)18-13-11(6-5-8-15-13)16-14(18)12-7-3-4-9-17(12)19;1-10(2)18-13-12(7-5-9-16-13)17-14(18)11-6-3-4-8-15-11;1-8(2)16-10-9(4-3-5-13-10)15-11(16)12-14-6-7-17-12;1-6(2)19-8-7(4-3-5-17-8)18-9(19)10(12,13)11(14,15)16;1-6(2)16-8-7(4-3-5-14-8)15-9(16)10(11,12)13;1-7(2)13-9-8(5-4-6-11-9)12-10(13)14-3;1-6(2)12-8-7(11-9(12)13)4-3-5-10-8;8*1-2/h3-11H,1-2H3;3-10H,1-2H3;3-10H,1-2H3;3-8H,1-2H3;3-6H,1-2H3;3-6H,1-2H3;4-7H,1-3H3;3-6H,1-2H3,(H,11,13);8*1-2H3. The molecule has 20 rings (SSSR count). The number of nitrogens with one attached hydrogen (secondary N) is 1. The van der Waals surface area contributed by atoms with Crippen molar-refractivity contribution in [1.82, 2.24) is 126 Å². The van der Waals surface area contributed by atoms with Crippen LogP contribution in [0.3, 0.4) is 0 Å². The highest BCUT2D eigenvalue weighted by Gasteiger charge is 2.62. The number of hydrogen-bond donors (Lipinski definition) is 1. The fourth-order valence-corrected chi connectivity index (χ4v) is 16.5. The van der Waals surface area contributed by atoms with Crippen LogP contribution in [0, 0.1) is 9.98 Å². The Morgan fingerprint density at radius 1 is 0.313 bits per heavy atom. The lowest BCUT2D eigenvalue weighted by Gasteiger charge is -2.21. The van der Waals surface area contributed by atoms with Gasteiger partial charge in [-0.25, -0.2) is 79.7 Å². The molecule has 0 radical (unpaired) electrons. The van der Waals surface area contributed by atoms with Crippen LogP contribution in [0.2, 0.25) is 0 Å². The molecule has 806 valence electrons. The van der Waals surface area contributed by atoms with Gasteiger partial charge < -0.3 is 42.2 Å². The van der Waals surface area contributed by atoms with E-state index < -0.39 is 36.0 Å². The second-order valence-electron chi connectivity index (χ2n) is 32.5. The van der Waals surface area contributed by atoms with Crippen LogP contribution in [-0.4, -0.2) is 139 Å². The molecule has 0 aliphatic rings. The number of aromatic nitrogens is 27. The SMILES string of the molecule is CC.CC.CC.CC.CC.CC.CC.CC.CC(C)n1c(-c2cccc[n+]2[O-])nc2cccnc21.CC(C)n1c(-c2ccccc2)nc2cccnc21.CC(C)n1c(-c2ccccn2)nc2cccnc21.CC(C)n1c(-c2nccs2)nc2cccnc21.CC(C)n1c(=S)[nH]c2cccnc21.CC(C)n1c(C(F)(F)C(F)(F)F)nc2cccnc21.CC(C)n1c(C(F)(F)F)nc2cccnc21.CSc1nc2cccnc2n1C(C)C. The maximum absolute atomic E-state index is 13.5. The minimum absolute atomic E-state index is 0.00938. The number of H-pyrrole nitrogens is 1. The van der Waals surface area contributed by atoms with E-state index in [1.54, 1.807) is 92.3 Å². The van der Waals surface area contributed by atoms with Gasteiger partial charge in [-0.15, -0.1) is 11.3 Å². The Labute approximate surface area is 889 Å². The third-order valence-corrected chi connectivity index (χ3v) is 22.1. The number of imidazole rings is 8. The Morgan fingerprint density at radius 2 is 0.633 bits per heavy atom. The van der Waals surface area contributed by atoms with Crippen LogP contribution in [-0.2, 0) is 12.1 Å². The smallest absolute Gasteiger partial charge is 0.461 e. The highest BCUT2D eigenvalue weighted by Crippen LogP contribution is 2.45. The van der Waals surface area contributed by atoms with Crippen LogP contribution < -0.4 is 4.73 Å². The lowest BCUT2D eigenvalue weighted by molar-refractivity contribution is -0.594. The van der Waals surface area contributed by atoms with E-state index in [-0.39, 0.29) is 34.4 Å². The predicted octanol–water partition coefficient (Wildman–Crippen LogP) is 32.5. The minimum atomic E-state index is -5.69. The summed E-state index contributed by atoms with van der Waals surface area (Å²) < 4.78 is 119. The summed E-state index contributed by atoms with van der Waals surface area (Å²) in [6, 6.07) is 51.5. The third kappa shape index (κ3) is 31.3. The molecule has 39 heteroatoms. The van der Waals surface area contributed by atoms with Crippen LogP contribution in [0.5, 0.6) is 0 Å². The van der Waals surface area contributed by atoms with Gasteiger partial charge in [-0.3, -0.25) is 9.55 Å². The van der Waals surface area contributed by atoms with Crippen molar-refractivity contribution < 1.29 is 39.9 Å². The summed E-state index contributed by atoms with van der Waals surface area (Å²) in [5.41, 5.74) is 14.2. The highest BCUT2D eigenvalue weighted by molar-refractivity contribution is 7.98. The molecular formula is C111H147F8N27OS3. The van der Waals surface area contributed by atoms with Gasteiger partial charge in [0.1, 0.15) is 50.1 Å². The quantitative estimate of drug-likeness (QED) is 0.0348. The molecule has 0 amide bonds. The van der Waals surface area contributed by atoms with Gasteiger partial charge in [0.05, 0.1) is 5.52 Å². The lowest BCUT2D eigenvalue weighted by atomic mass is 10.2. The van der Waals surface area contributed by atoms with Gasteiger partial charge in [-0.05, 0) is 245 Å². The first-order valence-corrected chi connectivity index (χ1v) is 53.5. The molecule has 0 fully saturated rings. The number of benzene rings is 1. The molecule has 19 heterocycles. The molecule has 1 aromatic carbocycles. The third-order valence-electron chi connectivity index (χ3n) is 20.4. The fraction of sp³-hybridized carbons (Fsp3) is 0.396. The molecule has 150 heavy (non-hydrogen) atoms. The average molecular weight is 2120 g/mol. The van der Waals surface area contributed by atoms with Crippen molar-refractivity contribution in [3.63, 3.8) is 0 Å². The van der Waals surface area contributed by atoms with E-state index in [1.807, 2.05) is 259 Å². The Hall–Kier alpha value is -14.1. The Balaban J connectivity index is 0.000000296. The summed E-state index contributed by atoms with van der Waals surface area (Å²) in [6.45, 7) is 63.7. The van der Waals surface area contributed by atoms with Gasteiger partial charge in [0.2, 0.25) is 11.6 Å². The number of thioether (sulfide) groups is 1. The zero-order chi connectivity index (χ0) is 112. The van der Waals surface area contributed by atoms with Gasteiger partial charge in [0, 0.05) is 133 Å². The number of pyridine rings is 10. The van der Waals surface area contributed by atoms with Gasteiger partial charge in [0.15, 0.2) is 83.8 Å². The minimum Gasteiger partial charge on any atom is -0.618 e. The molecule has 28 nitrogen and oxygen atoms in total. The van der Waals surface area contributed by atoms with Gasteiger partial charge in [-0.2, -0.15) is 39.9 Å². The number of hydrogen-bond acceptors (Lipinski definition) is 21.